The number of hydrogen-bond donors (Lipinski definition) is 2. The van der Waals surface area contributed by atoms with Crippen LogP contribution in [0.4, 0.5) is 0 Å². The average molecular weight is 329 g/mol. The third-order valence-electron chi connectivity index (χ3n) is 3.68. The Hall–Kier alpha value is -2.44. The normalized spacial score (nSPS) is 12.3. The van der Waals surface area contributed by atoms with Crippen LogP contribution in [0.15, 0.2) is 50.3 Å². The van der Waals surface area contributed by atoms with Gasteiger partial charge in [0.25, 0.3) is 5.91 Å². The smallest absolute Gasteiger partial charge is 0.349 e. The van der Waals surface area contributed by atoms with Crippen LogP contribution in [0, 0.1) is 6.92 Å². The lowest BCUT2D eigenvalue weighted by atomic mass is 10.1. The van der Waals surface area contributed by atoms with Crippen LogP contribution in [0.1, 0.15) is 27.6 Å². The van der Waals surface area contributed by atoms with E-state index in [2.05, 4.69) is 5.32 Å². The number of carbonyl (C=O) groups is 1. The summed E-state index contributed by atoms with van der Waals surface area (Å²) >= 11 is 1.47. The highest BCUT2D eigenvalue weighted by Crippen LogP contribution is 2.19. The van der Waals surface area contributed by atoms with Crippen LogP contribution in [0.25, 0.3) is 11.0 Å². The summed E-state index contributed by atoms with van der Waals surface area (Å²) in [6, 6.07) is 8.85. The average Bonchev–Trinajstić information content (AvgIpc) is 3.07. The van der Waals surface area contributed by atoms with E-state index in [1.807, 2.05) is 16.8 Å². The maximum absolute atomic E-state index is 12.3. The Morgan fingerprint density at radius 1 is 1.35 bits per heavy atom. The van der Waals surface area contributed by atoms with E-state index in [-0.39, 0.29) is 12.1 Å². The minimum Gasteiger partial charge on any atom is -0.422 e. The number of benzene rings is 1. The van der Waals surface area contributed by atoms with Gasteiger partial charge in [0.1, 0.15) is 11.1 Å². The fourth-order valence-electron chi connectivity index (χ4n) is 2.43. The van der Waals surface area contributed by atoms with Crippen LogP contribution in [0.5, 0.6) is 0 Å². The topological polar surface area (TPSA) is 79.5 Å². The molecule has 1 atom stereocenters. The van der Waals surface area contributed by atoms with Crippen molar-refractivity contribution in [1.29, 1.82) is 0 Å². The zero-order valence-electron chi connectivity index (χ0n) is 12.4. The molecular weight excluding hydrogens is 314 g/mol. The van der Waals surface area contributed by atoms with Crippen molar-refractivity contribution in [2.45, 2.75) is 13.0 Å². The Morgan fingerprint density at radius 2 is 2.13 bits per heavy atom. The first-order valence-electron chi connectivity index (χ1n) is 7.08. The van der Waals surface area contributed by atoms with Crippen LogP contribution < -0.4 is 10.9 Å². The Bertz CT molecular complexity index is 899. The molecule has 6 heteroatoms. The Balaban J connectivity index is 1.85. The molecule has 0 fully saturated rings. The number of amides is 1. The van der Waals surface area contributed by atoms with Gasteiger partial charge in [0, 0.05) is 11.9 Å². The summed E-state index contributed by atoms with van der Waals surface area (Å²) in [5, 5.41) is 17.0. The highest BCUT2D eigenvalue weighted by atomic mass is 32.1. The first-order chi connectivity index (χ1) is 11.1. The molecule has 0 aliphatic heterocycles. The molecule has 1 unspecified atom stereocenters. The van der Waals surface area contributed by atoms with Gasteiger partial charge >= 0.3 is 5.63 Å². The third-order valence-corrected chi connectivity index (χ3v) is 4.39. The zero-order chi connectivity index (χ0) is 16.4. The van der Waals surface area contributed by atoms with Crippen LogP contribution in [-0.4, -0.2) is 17.6 Å². The Labute approximate surface area is 136 Å². The van der Waals surface area contributed by atoms with Crippen molar-refractivity contribution in [2.24, 2.45) is 0 Å². The number of nitrogens with one attached hydrogen (secondary N) is 1. The maximum Gasteiger partial charge on any atom is 0.349 e. The molecule has 1 aromatic carbocycles. The number of rotatable bonds is 4. The second kappa shape index (κ2) is 6.36. The van der Waals surface area contributed by atoms with E-state index < -0.39 is 17.6 Å². The number of fused-ring (bicyclic) bond motifs is 1. The summed E-state index contributed by atoms with van der Waals surface area (Å²) in [5.41, 5.74) is 1.05. The van der Waals surface area contributed by atoms with Crippen molar-refractivity contribution < 1.29 is 14.3 Å². The van der Waals surface area contributed by atoms with E-state index in [9.17, 15) is 14.7 Å². The quantitative estimate of drug-likeness (QED) is 0.721. The fourth-order valence-corrected chi connectivity index (χ4v) is 3.13. The molecule has 3 aromatic rings. The lowest BCUT2D eigenvalue weighted by Crippen LogP contribution is -2.32. The van der Waals surface area contributed by atoms with Crippen LogP contribution >= 0.6 is 11.3 Å². The molecular formula is C17H15NO4S. The third kappa shape index (κ3) is 3.04. The molecule has 1 amide bonds. The van der Waals surface area contributed by atoms with Crippen molar-refractivity contribution in [3.63, 3.8) is 0 Å². The van der Waals surface area contributed by atoms with E-state index in [1.54, 1.807) is 31.2 Å². The van der Waals surface area contributed by atoms with E-state index in [1.165, 1.54) is 11.3 Å². The summed E-state index contributed by atoms with van der Waals surface area (Å²) in [7, 11) is 0. The van der Waals surface area contributed by atoms with Gasteiger partial charge in [-0.25, -0.2) is 4.79 Å². The number of carbonyl (C=O) groups excluding carboxylic acids is 1. The van der Waals surface area contributed by atoms with E-state index >= 15 is 0 Å². The van der Waals surface area contributed by atoms with Gasteiger partial charge in [-0.15, -0.1) is 0 Å². The molecule has 0 bridgehead atoms. The second-order valence-corrected chi connectivity index (χ2v) is 5.95. The molecule has 0 saturated heterocycles. The monoisotopic (exact) mass is 329 g/mol. The van der Waals surface area contributed by atoms with E-state index in [0.717, 1.165) is 10.9 Å². The molecule has 0 radical (unpaired) electrons. The lowest BCUT2D eigenvalue weighted by Gasteiger charge is -2.12. The number of aryl methyl sites for hydroxylation is 1. The molecule has 23 heavy (non-hydrogen) atoms. The number of hydrogen-bond acceptors (Lipinski definition) is 5. The van der Waals surface area contributed by atoms with Gasteiger partial charge in [0.2, 0.25) is 0 Å². The summed E-state index contributed by atoms with van der Waals surface area (Å²) in [6.45, 7) is 1.74. The van der Waals surface area contributed by atoms with Crippen molar-refractivity contribution in [1.82, 2.24) is 5.32 Å². The summed E-state index contributed by atoms with van der Waals surface area (Å²) < 4.78 is 5.20. The molecule has 0 spiro atoms. The van der Waals surface area contributed by atoms with Crippen LogP contribution in [-0.2, 0) is 0 Å². The van der Waals surface area contributed by atoms with Crippen molar-refractivity contribution in [3.8, 4) is 0 Å². The maximum atomic E-state index is 12.3. The van der Waals surface area contributed by atoms with Gasteiger partial charge in [-0.2, -0.15) is 11.3 Å². The van der Waals surface area contributed by atoms with Crippen LogP contribution in [0.3, 0.4) is 0 Å². The molecule has 2 aromatic heterocycles. The first-order valence-corrected chi connectivity index (χ1v) is 8.03. The summed E-state index contributed by atoms with van der Waals surface area (Å²) in [6.07, 6.45) is -0.807. The first kappa shape index (κ1) is 15.5. The number of aliphatic hydroxyl groups is 1. The highest BCUT2D eigenvalue weighted by molar-refractivity contribution is 7.07. The predicted molar refractivity (Wildman–Crippen MR) is 88.8 cm³/mol. The van der Waals surface area contributed by atoms with Crippen LogP contribution in [0.2, 0.25) is 0 Å². The molecule has 3 rings (SSSR count). The number of thiophene rings is 1. The number of para-hydroxylation sites is 1. The predicted octanol–water partition coefficient (Wildman–Crippen LogP) is 2.63. The largest absolute Gasteiger partial charge is 0.422 e. The summed E-state index contributed by atoms with van der Waals surface area (Å²) in [5.74, 6) is -0.545. The van der Waals surface area contributed by atoms with Gasteiger partial charge in [-0.3, -0.25) is 4.79 Å². The fraction of sp³-hybridized carbons (Fsp3) is 0.176. The summed E-state index contributed by atoms with van der Waals surface area (Å²) in [4.78, 5) is 24.4. The molecule has 0 saturated carbocycles. The second-order valence-electron chi connectivity index (χ2n) is 5.17. The Morgan fingerprint density at radius 3 is 2.87 bits per heavy atom. The lowest BCUT2D eigenvalue weighted by molar-refractivity contribution is 0.0912. The molecule has 5 nitrogen and oxygen atoms in total. The van der Waals surface area contributed by atoms with Crippen molar-refractivity contribution >= 4 is 28.2 Å². The van der Waals surface area contributed by atoms with Crippen molar-refractivity contribution in [3.05, 3.63) is 68.2 Å². The minimum absolute atomic E-state index is 0.0266. The standard InChI is InChI=1S/C17H15NO4S/c1-10-12-4-2-3-5-14(12)22-17(21)15(10)16(20)18-8-13(19)11-6-7-23-9-11/h2-7,9,13,19H,8H2,1H3,(H,18,20). The molecule has 118 valence electrons. The zero-order valence-corrected chi connectivity index (χ0v) is 13.2. The molecule has 2 heterocycles. The van der Waals surface area contributed by atoms with E-state index in [0.29, 0.717) is 11.1 Å². The SMILES string of the molecule is Cc1c(C(=O)NCC(O)c2ccsc2)c(=O)oc2ccccc12. The minimum atomic E-state index is -0.807. The van der Waals surface area contributed by atoms with Crippen molar-refractivity contribution in [2.75, 3.05) is 6.54 Å². The number of aliphatic hydroxyl groups excluding tert-OH is 1. The van der Waals surface area contributed by atoms with Gasteiger partial charge in [-0.1, -0.05) is 18.2 Å². The highest BCUT2D eigenvalue weighted by Gasteiger charge is 2.19. The van der Waals surface area contributed by atoms with Gasteiger partial charge in [0.05, 0.1) is 6.10 Å². The van der Waals surface area contributed by atoms with Gasteiger partial charge in [0.15, 0.2) is 0 Å². The van der Waals surface area contributed by atoms with Gasteiger partial charge < -0.3 is 14.8 Å². The Kier molecular flexibility index (Phi) is 4.27. The van der Waals surface area contributed by atoms with E-state index in [4.69, 9.17) is 4.42 Å². The molecule has 0 aliphatic carbocycles. The molecule has 0 aliphatic rings. The van der Waals surface area contributed by atoms with Gasteiger partial charge in [-0.05, 0) is 40.9 Å². The molecule has 2 N–H and O–H groups in total.